The van der Waals surface area contributed by atoms with Crippen LogP contribution >= 0.6 is 0 Å². The fourth-order valence-electron chi connectivity index (χ4n) is 1.18. The van der Waals surface area contributed by atoms with E-state index in [0.717, 1.165) is 0 Å². The lowest BCUT2D eigenvalue weighted by Gasteiger charge is -2.20. The van der Waals surface area contributed by atoms with E-state index in [-0.39, 0.29) is 4.90 Å². The summed E-state index contributed by atoms with van der Waals surface area (Å²) in [5, 5.41) is 0. The Kier molecular flexibility index (Phi) is 3.36. The molecule has 0 fully saturated rings. The molecule has 5 heteroatoms. The van der Waals surface area contributed by atoms with Crippen LogP contribution in [0.1, 0.15) is 20.8 Å². The van der Waals surface area contributed by atoms with Gasteiger partial charge in [-0.25, -0.2) is 18.0 Å². The summed E-state index contributed by atoms with van der Waals surface area (Å²) in [6.45, 7) is 12.1. The number of sulfonamides is 1. The van der Waals surface area contributed by atoms with Crippen LogP contribution < -0.4 is 4.72 Å². The van der Waals surface area contributed by atoms with Crippen LogP contribution in [0.3, 0.4) is 0 Å². The predicted octanol–water partition coefficient (Wildman–Crippen LogP) is 2.31. The molecule has 1 N–H and O–H groups in total. The van der Waals surface area contributed by atoms with E-state index < -0.39 is 15.6 Å². The molecule has 0 bridgehead atoms. The lowest BCUT2D eigenvalue weighted by Crippen LogP contribution is -2.40. The van der Waals surface area contributed by atoms with Gasteiger partial charge in [0, 0.05) is 5.54 Å². The molecule has 1 rings (SSSR count). The molecule has 0 spiro atoms. The van der Waals surface area contributed by atoms with Crippen LogP contribution in [0.25, 0.3) is 4.85 Å². The van der Waals surface area contributed by atoms with E-state index in [1.807, 2.05) is 0 Å². The highest BCUT2D eigenvalue weighted by Gasteiger charge is 2.21. The van der Waals surface area contributed by atoms with Crippen molar-refractivity contribution >= 4 is 15.7 Å². The first-order valence-corrected chi connectivity index (χ1v) is 6.24. The maximum absolute atomic E-state index is 11.9. The van der Waals surface area contributed by atoms with Crippen molar-refractivity contribution in [1.82, 2.24) is 4.72 Å². The molecule has 0 atom stereocenters. The fraction of sp³-hybridized carbons (Fsp3) is 0.364. The minimum Gasteiger partial charge on any atom is -0.238 e. The van der Waals surface area contributed by atoms with Gasteiger partial charge in [-0.05, 0) is 32.9 Å². The molecule has 0 aliphatic heterocycles. The Morgan fingerprint density at radius 3 is 2.44 bits per heavy atom. The molecule has 0 heterocycles. The SMILES string of the molecule is [C-]#[N+]c1cccc(S(=O)(=O)NC(C)(C)C)c1. The third-order valence-corrected chi connectivity index (χ3v) is 3.45. The zero-order chi connectivity index (χ0) is 12.4. The van der Waals surface area contributed by atoms with Gasteiger partial charge in [0.1, 0.15) is 0 Å². The Morgan fingerprint density at radius 1 is 1.31 bits per heavy atom. The molecule has 1 aromatic rings. The number of rotatable bonds is 2. The summed E-state index contributed by atoms with van der Waals surface area (Å²) < 4.78 is 26.3. The topological polar surface area (TPSA) is 50.5 Å². The van der Waals surface area contributed by atoms with Crippen LogP contribution in [-0.4, -0.2) is 14.0 Å². The molecule has 86 valence electrons. The van der Waals surface area contributed by atoms with Gasteiger partial charge in [-0.2, -0.15) is 0 Å². The zero-order valence-corrected chi connectivity index (χ0v) is 10.3. The van der Waals surface area contributed by atoms with Gasteiger partial charge in [0.05, 0.1) is 11.5 Å². The summed E-state index contributed by atoms with van der Waals surface area (Å²) in [5.74, 6) is 0. The van der Waals surface area contributed by atoms with Gasteiger partial charge in [-0.1, -0.05) is 12.1 Å². The quantitative estimate of drug-likeness (QED) is 0.804. The van der Waals surface area contributed by atoms with Gasteiger partial charge in [0.15, 0.2) is 5.69 Å². The molecule has 0 radical (unpaired) electrons. The van der Waals surface area contributed by atoms with Crippen molar-refractivity contribution in [3.8, 4) is 0 Å². The highest BCUT2D eigenvalue weighted by atomic mass is 32.2. The standard InChI is InChI=1S/C11H14N2O2S/c1-11(2,3)13-16(14,15)10-7-5-6-9(8-10)12-4/h5-8,13H,1-3H3. The van der Waals surface area contributed by atoms with Crippen molar-refractivity contribution in [3.63, 3.8) is 0 Å². The Bertz CT molecular complexity index is 522. The van der Waals surface area contributed by atoms with E-state index in [4.69, 9.17) is 6.57 Å². The summed E-state index contributed by atoms with van der Waals surface area (Å²) >= 11 is 0. The van der Waals surface area contributed by atoms with E-state index >= 15 is 0 Å². The number of hydrogen-bond donors (Lipinski definition) is 1. The number of nitrogens with one attached hydrogen (secondary N) is 1. The Morgan fingerprint density at radius 2 is 1.94 bits per heavy atom. The molecular formula is C11H14N2O2S. The number of benzene rings is 1. The Hall–Kier alpha value is -1.38. The van der Waals surface area contributed by atoms with Crippen molar-refractivity contribution in [2.75, 3.05) is 0 Å². The van der Waals surface area contributed by atoms with Crippen LogP contribution in [-0.2, 0) is 10.0 Å². The minimum absolute atomic E-state index is 0.121. The molecule has 0 saturated carbocycles. The van der Waals surface area contributed by atoms with Crippen LogP contribution in [0.15, 0.2) is 29.2 Å². The largest absolute Gasteiger partial charge is 0.239 e. The van der Waals surface area contributed by atoms with Gasteiger partial charge < -0.3 is 0 Å². The van der Waals surface area contributed by atoms with E-state index in [1.54, 1.807) is 32.9 Å². The summed E-state index contributed by atoms with van der Waals surface area (Å²) in [5.41, 5.74) is -0.218. The number of nitrogens with zero attached hydrogens (tertiary/aromatic N) is 1. The molecule has 0 aliphatic carbocycles. The van der Waals surface area contributed by atoms with Gasteiger partial charge in [0.2, 0.25) is 10.0 Å². The van der Waals surface area contributed by atoms with Gasteiger partial charge in [-0.15, -0.1) is 0 Å². The molecule has 16 heavy (non-hydrogen) atoms. The van der Waals surface area contributed by atoms with Crippen LogP contribution in [0, 0.1) is 6.57 Å². The minimum atomic E-state index is -3.54. The smallest absolute Gasteiger partial charge is 0.238 e. The van der Waals surface area contributed by atoms with E-state index in [9.17, 15) is 8.42 Å². The van der Waals surface area contributed by atoms with Crippen LogP contribution in [0.4, 0.5) is 5.69 Å². The highest BCUT2D eigenvalue weighted by Crippen LogP contribution is 2.19. The second-order valence-electron chi connectivity index (χ2n) is 4.46. The van der Waals surface area contributed by atoms with Crippen LogP contribution in [0.2, 0.25) is 0 Å². The molecule has 0 aliphatic rings. The second kappa shape index (κ2) is 4.24. The van der Waals surface area contributed by atoms with E-state index in [1.165, 1.54) is 12.1 Å². The maximum Gasteiger partial charge on any atom is 0.239 e. The normalized spacial score (nSPS) is 12.1. The van der Waals surface area contributed by atoms with Gasteiger partial charge in [0.25, 0.3) is 0 Å². The van der Waals surface area contributed by atoms with E-state index in [2.05, 4.69) is 9.57 Å². The molecule has 0 amide bonds. The molecule has 0 saturated heterocycles. The van der Waals surface area contributed by atoms with Gasteiger partial charge in [-0.3, -0.25) is 0 Å². The van der Waals surface area contributed by atoms with Crippen molar-refractivity contribution in [1.29, 1.82) is 0 Å². The van der Waals surface area contributed by atoms with Crippen molar-refractivity contribution in [2.24, 2.45) is 0 Å². The number of hydrogen-bond acceptors (Lipinski definition) is 2. The van der Waals surface area contributed by atoms with Crippen molar-refractivity contribution < 1.29 is 8.42 Å². The fourth-order valence-corrected chi connectivity index (χ4v) is 2.64. The third-order valence-electron chi connectivity index (χ3n) is 1.70. The zero-order valence-electron chi connectivity index (χ0n) is 9.48. The monoisotopic (exact) mass is 238 g/mol. The van der Waals surface area contributed by atoms with Crippen molar-refractivity contribution in [3.05, 3.63) is 35.7 Å². The molecule has 4 nitrogen and oxygen atoms in total. The Labute approximate surface area is 96.2 Å². The molecule has 1 aromatic carbocycles. The first-order valence-electron chi connectivity index (χ1n) is 4.76. The average Bonchev–Trinajstić information content (AvgIpc) is 2.14. The second-order valence-corrected chi connectivity index (χ2v) is 6.15. The first-order chi connectivity index (χ1) is 7.24. The summed E-state index contributed by atoms with van der Waals surface area (Å²) in [6.07, 6.45) is 0. The molecule has 0 aromatic heterocycles. The summed E-state index contributed by atoms with van der Waals surface area (Å²) in [6, 6.07) is 5.97. The van der Waals surface area contributed by atoms with E-state index in [0.29, 0.717) is 5.69 Å². The molecular weight excluding hydrogens is 224 g/mol. The van der Waals surface area contributed by atoms with Gasteiger partial charge >= 0.3 is 0 Å². The van der Waals surface area contributed by atoms with Crippen molar-refractivity contribution in [2.45, 2.75) is 31.2 Å². The third kappa shape index (κ3) is 3.33. The average molecular weight is 238 g/mol. The summed E-state index contributed by atoms with van der Waals surface area (Å²) in [7, 11) is -3.54. The first kappa shape index (κ1) is 12.7. The maximum atomic E-state index is 11.9. The lowest BCUT2D eigenvalue weighted by molar-refractivity contribution is 0.491. The highest BCUT2D eigenvalue weighted by molar-refractivity contribution is 7.89. The van der Waals surface area contributed by atoms with Crippen LogP contribution in [0.5, 0.6) is 0 Å². The Balaban J connectivity index is 3.14. The predicted molar refractivity (Wildman–Crippen MR) is 62.8 cm³/mol. The molecule has 0 unspecified atom stereocenters. The summed E-state index contributed by atoms with van der Waals surface area (Å²) in [4.78, 5) is 3.32. The lowest BCUT2D eigenvalue weighted by atomic mass is 10.1.